The van der Waals surface area contributed by atoms with E-state index in [9.17, 15) is 9.59 Å². The SMILES string of the molecule is Cc1ccc(N2C[C@H](C(=O)Nc3ncccc3C)CC2=O)cc1. The van der Waals surface area contributed by atoms with E-state index in [2.05, 4.69) is 10.3 Å². The lowest BCUT2D eigenvalue weighted by atomic mass is 10.1. The van der Waals surface area contributed by atoms with Gasteiger partial charge in [0, 0.05) is 24.8 Å². The molecule has 1 aromatic carbocycles. The molecule has 1 atom stereocenters. The molecule has 2 amide bonds. The zero-order valence-corrected chi connectivity index (χ0v) is 13.2. The van der Waals surface area contributed by atoms with Gasteiger partial charge in [-0.05, 0) is 37.6 Å². The Morgan fingerprint density at radius 3 is 2.65 bits per heavy atom. The van der Waals surface area contributed by atoms with E-state index < -0.39 is 0 Å². The first-order valence-electron chi connectivity index (χ1n) is 7.64. The highest BCUT2D eigenvalue weighted by atomic mass is 16.2. The van der Waals surface area contributed by atoms with Crippen LogP contribution in [-0.2, 0) is 9.59 Å². The number of nitrogens with zero attached hydrogens (tertiary/aromatic N) is 2. The lowest BCUT2D eigenvalue weighted by Crippen LogP contribution is -2.28. The van der Waals surface area contributed by atoms with Crippen LogP contribution in [0.1, 0.15) is 17.5 Å². The molecule has 23 heavy (non-hydrogen) atoms. The Labute approximate surface area is 135 Å². The van der Waals surface area contributed by atoms with Gasteiger partial charge in [0.15, 0.2) is 0 Å². The van der Waals surface area contributed by atoms with Gasteiger partial charge in [0.1, 0.15) is 5.82 Å². The topological polar surface area (TPSA) is 62.3 Å². The molecule has 5 nitrogen and oxygen atoms in total. The number of aryl methyl sites for hydroxylation is 2. The molecule has 0 radical (unpaired) electrons. The number of pyridine rings is 1. The minimum atomic E-state index is -0.356. The predicted octanol–water partition coefficient (Wildman–Crippen LogP) is 2.69. The van der Waals surface area contributed by atoms with Crippen molar-refractivity contribution >= 4 is 23.3 Å². The second kappa shape index (κ2) is 6.20. The number of hydrogen-bond acceptors (Lipinski definition) is 3. The van der Waals surface area contributed by atoms with E-state index in [4.69, 9.17) is 0 Å². The van der Waals surface area contributed by atoms with E-state index >= 15 is 0 Å². The molecule has 1 aliphatic rings. The van der Waals surface area contributed by atoms with Gasteiger partial charge in [-0.1, -0.05) is 23.8 Å². The summed E-state index contributed by atoms with van der Waals surface area (Å²) in [5, 5.41) is 2.82. The molecule has 0 bridgehead atoms. The van der Waals surface area contributed by atoms with Crippen molar-refractivity contribution < 1.29 is 9.59 Å². The van der Waals surface area contributed by atoms with Gasteiger partial charge in [0.05, 0.1) is 5.92 Å². The van der Waals surface area contributed by atoms with Crippen molar-refractivity contribution in [3.63, 3.8) is 0 Å². The number of carbonyl (C=O) groups is 2. The number of amides is 2. The van der Waals surface area contributed by atoms with Crippen LogP contribution in [0.4, 0.5) is 11.5 Å². The Bertz CT molecular complexity index is 740. The first-order chi connectivity index (χ1) is 11.0. The molecule has 0 aliphatic carbocycles. The van der Waals surface area contributed by atoms with Gasteiger partial charge < -0.3 is 10.2 Å². The standard InChI is InChI=1S/C18H19N3O2/c1-12-5-7-15(8-6-12)21-11-14(10-16(21)22)18(23)20-17-13(2)4-3-9-19-17/h3-9,14H,10-11H2,1-2H3,(H,19,20,23)/t14-/m1/s1. The predicted molar refractivity (Wildman–Crippen MR) is 89.2 cm³/mol. The molecule has 2 heterocycles. The summed E-state index contributed by atoms with van der Waals surface area (Å²) in [5.74, 6) is 0.0189. The molecule has 1 saturated heterocycles. The maximum atomic E-state index is 12.4. The van der Waals surface area contributed by atoms with E-state index in [1.54, 1.807) is 11.1 Å². The van der Waals surface area contributed by atoms with Gasteiger partial charge in [0.25, 0.3) is 0 Å². The number of anilines is 2. The van der Waals surface area contributed by atoms with Crippen LogP contribution < -0.4 is 10.2 Å². The monoisotopic (exact) mass is 309 g/mol. The molecule has 1 aliphatic heterocycles. The van der Waals surface area contributed by atoms with Crippen LogP contribution >= 0.6 is 0 Å². The van der Waals surface area contributed by atoms with Crippen LogP contribution in [0.2, 0.25) is 0 Å². The van der Waals surface area contributed by atoms with Crippen molar-refractivity contribution in [3.05, 3.63) is 53.7 Å². The average molecular weight is 309 g/mol. The van der Waals surface area contributed by atoms with E-state index in [1.807, 2.05) is 50.2 Å². The average Bonchev–Trinajstić information content (AvgIpc) is 2.92. The van der Waals surface area contributed by atoms with Crippen LogP contribution in [0.15, 0.2) is 42.6 Å². The highest BCUT2D eigenvalue weighted by Gasteiger charge is 2.35. The second-order valence-corrected chi connectivity index (χ2v) is 5.90. The van der Waals surface area contributed by atoms with Crippen molar-refractivity contribution in [2.24, 2.45) is 5.92 Å². The van der Waals surface area contributed by atoms with E-state index in [-0.39, 0.29) is 24.2 Å². The number of rotatable bonds is 3. The zero-order valence-electron chi connectivity index (χ0n) is 13.2. The van der Waals surface area contributed by atoms with Crippen LogP contribution in [0, 0.1) is 19.8 Å². The molecule has 3 rings (SSSR count). The third kappa shape index (κ3) is 3.23. The zero-order chi connectivity index (χ0) is 16.4. The van der Waals surface area contributed by atoms with Crippen molar-refractivity contribution in [3.8, 4) is 0 Å². The fraction of sp³-hybridized carbons (Fsp3) is 0.278. The maximum absolute atomic E-state index is 12.4. The Kier molecular flexibility index (Phi) is 4.10. The summed E-state index contributed by atoms with van der Waals surface area (Å²) in [6.45, 7) is 4.29. The Hall–Kier alpha value is -2.69. The minimum Gasteiger partial charge on any atom is -0.312 e. The summed E-state index contributed by atoms with van der Waals surface area (Å²) >= 11 is 0. The molecule has 1 aromatic heterocycles. The molecule has 1 N–H and O–H groups in total. The van der Waals surface area contributed by atoms with Gasteiger partial charge in [0.2, 0.25) is 11.8 Å². The van der Waals surface area contributed by atoms with E-state index in [0.29, 0.717) is 12.4 Å². The van der Waals surface area contributed by atoms with Crippen LogP contribution in [0.25, 0.3) is 0 Å². The largest absolute Gasteiger partial charge is 0.312 e. The fourth-order valence-corrected chi connectivity index (χ4v) is 2.69. The molecule has 0 unspecified atom stereocenters. The molecule has 0 saturated carbocycles. The minimum absolute atomic E-state index is 0.0215. The Morgan fingerprint density at radius 2 is 1.96 bits per heavy atom. The number of benzene rings is 1. The first-order valence-corrected chi connectivity index (χ1v) is 7.64. The van der Waals surface area contributed by atoms with Crippen LogP contribution in [0.5, 0.6) is 0 Å². The third-order valence-corrected chi connectivity index (χ3v) is 4.09. The van der Waals surface area contributed by atoms with Crippen LogP contribution in [-0.4, -0.2) is 23.3 Å². The van der Waals surface area contributed by atoms with Crippen molar-refractivity contribution in [1.82, 2.24) is 4.98 Å². The summed E-state index contributed by atoms with van der Waals surface area (Å²) < 4.78 is 0. The quantitative estimate of drug-likeness (QED) is 0.948. The molecular weight excluding hydrogens is 290 g/mol. The van der Waals surface area contributed by atoms with Crippen molar-refractivity contribution in [1.29, 1.82) is 0 Å². The number of hydrogen-bond donors (Lipinski definition) is 1. The summed E-state index contributed by atoms with van der Waals surface area (Å²) in [4.78, 5) is 30.5. The normalized spacial score (nSPS) is 17.4. The highest BCUT2D eigenvalue weighted by Crippen LogP contribution is 2.26. The smallest absolute Gasteiger partial charge is 0.230 e. The summed E-state index contributed by atoms with van der Waals surface area (Å²) in [7, 11) is 0. The summed E-state index contributed by atoms with van der Waals surface area (Å²) in [5.41, 5.74) is 2.88. The second-order valence-electron chi connectivity index (χ2n) is 5.90. The Morgan fingerprint density at radius 1 is 1.22 bits per heavy atom. The third-order valence-electron chi connectivity index (χ3n) is 4.09. The van der Waals surface area contributed by atoms with Crippen molar-refractivity contribution in [2.45, 2.75) is 20.3 Å². The van der Waals surface area contributed by atoms with Gasteiger partial charge >= 0.3 is 0 Å². The summed E-state index contributed by atoms with van der Waals surface area (Å²) in [6.07, 6.45) is 1.87. The molecule has 5 heteroatoms. The van der Waals surface area contributed by atoms with Gasteiger partial charge in [-0.25, -0.2) is 4.98 Å². The lowest BCUT2D eigenvalue weighted by Gasteiger charge is -2.17. The first kappa shape index (κ1) is 15.2. The van der Waals surface area contributed by atoms with Crippen molar-refractivity contribution in [2.75, 3.05) is 16.8 Å². The van der Waals surface area contributed by atoms with Gasteiger partial charge in [-0.15, -0.1) is 0 Å². The number of nitrogens with one attached hydrogen (secondary N) is 1. The fourth-order valence-electron chi connectivity index (χ4n) is 2.69. The van der Waals surface area contributed by atoms with Crippen LogP contribution in [0.3, 0.4) is 0 Å². The molecule has 118 valence electrons. The number of aromatic nitrogens is 1. The number of carbonyl (C=O) groups excluding carboxylic acids is 2. The van der Waals surface area contributed by atoms with E-state index in [1.165, 1.54) is 0 Å². The lowest BCUT2D eigenvalue weighted by molar-refractivity contribution is -0.122. The van der Waals surface area contributed by atoms with Gasteiger partial charge in [-0.3, -0.25) is 9.59 Å². The molecule has 0 spiro atoms. The maximum Gasteiger partial charge on any atom is 0.230 e. The molecular formula is C18H19N3O2. The summed E-state index contributed by atoms with van der Waals surface area (Å²) in [6, 6.07) is 11.5. The van der Waals surface area contributed by atoms with E-state index in [0.717, 1.165) is 16.8 Å². The molecule has 1 fully saturated rings. The van der Waals surface area contributed by atoms with Gasteiger partial charge in [-0.2, -0.15) is 0 Å². The Balaban J connectivity index is 1.71. The highest BCUT2D eigenvalue weighted by molar-refractivity contribution is 6.03. The molecule has 2 aromatic rings.